The zero-order valence-corrected chi connectivity index (χ0v) is 16.5. The first-order valence-electron chi connectivity index (χ1n) is 9.95. The zero-order chi connectivity index (χ0) is 19.8. The van der Waals surface area contributed by atoms with E-state index in [2.05, 4.69) is 27.1 Å². The van der Waals surface area contributed by atoms with Gasteiger partial charge in [-0.05, 0) is 25.0 Å². The summed E-state index contributed by atoms with van der Waals surface area (Å²) in [5, 5.41) is 5.55. The number of nitrogens with zero attached hydrogens (tertiary/aromatic N) is 5. The van der Waals surface area contributed by atoms with Gasteiger partial charge in [0.1, 0.15) is 5.82 Å². The molecule has 0 unspecified atom stereocenters. The molecule has 0 aliphatic carbocycles. The highest BCUT2D eigenvalue weighted by atomic mass is 16.5. The quantitative estimate of drug-likeness (QED) is 0.578. The predicted octanol–water partition coefficient (Wildman–Crippen LogP) is 3.14. The molecule has 1 fully saturated rings. The Hall–Kier alpha value is -3.03. The SMILES string of the molecule is COC1CCN(Cc2cc(N)n3ncc(-c4cnc5ccccc5c4)c3n2)CC1. The summed E-state index contributed by atoms with van der Waals surface area (Å²) in [6.07, 6.45) is 6.16. The molecule has 1 aliphatic heterocycles. The molecular formula is C22H24N6O. The third-order valence-corrected chi connectivity index (χ3v) is 5.71. The second kappa shape index (κ2) is 7.42. The molecule has 1 aliphatic rings. The number of anilines is 1. The van der Waals surface area contributed by atoms with Crippen LogP contribution in [0.1, 0.15) is 18.5 Å². The fraction of sp³-hybridized carbons (Fsp3) is 0.318. The van der Waals surface area contributed by atoms with Gasteiger partial charge in [0.15, 0.2) is 5.65 Å². The standard InChI is InChI=1S/C22H24N6O/c1-29-18-6-8-27(9-7-18)14-17-11-21(23)28-22(26-17)19(13-25-28)16-10-15-4-2-3-5-20(15)24-12-16/h2-5,10-13,18H,6-9,14,23H2,1H3. The number of fused-ring (bicyclic) bond motifs is 2. The molecule has 0 bridgehead atoms. The van der Waals surface area contributed by atoms with Gasteiger partial charge in [0, 0.05) is 55.5 Å². The number of para-hydroxylation sites is 1. The van der Waals surface area contributed by atoms with Gasteiger partial charge in [0.05, 0.1) is 23.5 Å². The highest BCUT2D eigenvalue weighted by Crippen LogP contribution is 2.27. The molecule has 4 heterocycles. The van der Waals surface area contributed by atoms with Crippen molar-refractivity contribution in [3.8, 4) is 11.1 Å². The molecule has 7 heteroatoms. The predicted molar refractivity (Wildman–Crippen MR) is 113 cm³/mol. The van der Waals surface area contributed by atoms with Crippen LogP contribution < -0.4 is 5.73 Å². The summed E-state index contributed by atoms with van der Waals surface area (Å²) < 4.78 is 7.17. The molecule has 0 radical (unpaired) electrons. The third kappa shape index (κ3) is 3.43. The van der Waals surface area contributed by atoms with Crippen molar-refractivity contribution in [2.45, 2.75) is 25.5 Å². The Kier molecular flexibility index (Phi) is 4.61. The molecule has 29 heavy (non-hydrogen) atoms. The summed E-state index contributed by atoms with van der Waals surface area (Å²) >= 11 is 0. The monoisotopic (exact) mass is 388 g/mol. The Labute approximate surface area is 169 Å². The van der Waals surface area contributed by atoms with Crippen molar-refractivity contribution in [2.24, 2.45) is 0 Å². The molecule has 0 atom stereocenters. The fourth-order valence-electron chi connectivity index (χ4n) is 4.07. The van der Waals surface area contributed by atoms with Crippen molar-refractivity contribution in [3.63, 3.8) is 0 Å². The van der Waals surface area contributed by atoms with E-state index in [4.69, 9.17) is 15.5 Å². The van der Waals surface area contributed by atoms with Gasteiger partial charge in [-0.3, -0.25) is 9.88 Å². The van der Waals surface area contributed by atoms with Crippen LogP contribution in [0.15, 0.2) is 48.8 Å². The number of rotatable bonds is 4. The number of hydrogen-bond acceptors (Lipinski definition) is 6. The smallest absolute Gasteiger partial charge is 0.165 e. The lowest BCUT2D eigenvalue weighted by Gasteiger charge is -2.30. The summed E-state index contributed by atoms with van der Waals surface area (Å²) in [4.78, 5) is 11.9. The van der Waals surface area contributed by atoms with Crippen LogP contribution in [0.4, 0.5) is 5.82 Å². The fourth-order valence-corrected chi connectivity index (χ4v) is 4.07. The number of aromatic nitrogens is 4. The number of methoxy groups -OCH3 is 1. The van der Waals surface area contributed by atoms with E-state index in [9.17, 15) is 0 Å². The van der Waals surface area contributed by atoms with Crippen molar-refractivity contribution >= 4 is 22.4 Å². The van der Waals surface area contributed by atoms with E-state index in [1.54, 1.807) is 11.6 Å². The van der Waals surface area contributed by atoms with Gasteiger partial charge in [-0.25, -0.2) is 4.98 Å². The van der Waals surface area contributed by atoms with Gasteiger partial charge in [0.2, 0.25) is 0 Å². The molecule has 2 N–H and O–H groups in total. The summed E-state index contributed by atoms with van der Waals surface area (Å²) in [6, 6.07) is 12.1. The van der Waals surface area contributed by atoms with Crippen molar-refractivity contribution < 1.29 is 4.74 Å². The lowest BCUT2D eigenvalue weighted by Crippen LogP contribution is -2.36. The van der Waals surface area contributed by atoms with E-state index in [0.29, 0.717) is 11.9 Å². The molecule has 0 spiro atoms. The van der Waals surface area contributed by atoms with Crippen LogP contribution in [0, 0.1) is 0 Å². The summed E-state index contributed by atoms with van der Waals surface area (Å²) in [5.74, 6) is 0.594. The normalized spacial score (nSPS) is 16.0. The van der Waals surface area contributed by atoms with Gasteiger partial charge >= 0.3 is 0 Å². The summed E-state index contributed by atoms with van der Waals surface area (Å²) in [6.45, 7) is 2.79. The molecular weight excluding hydrogens is 364 g/mol. The van der Waals surface area contributed by atoms with Crippen LogP contribution in [0.25, 0.3) is 27.7 Å². The van der Waals surface area contributed by atoms with E-state index in [0.717, 1.165) is 65.8 Å². The molecule has 0 saturated carbocycles. The van der Waals surface area contributed by atoms with Gasteiger partial charge in [0.25, 0.3) is 0 Å². The molecule has 3 aromatic heterocycles. The maximum absolute atomic E-state index is 6.29. The van der Waals surface area contributed by atoms with Gasteiger partial charge in [-0.15, -0.1) is 0 Å². The van der Waals surface area contributed by atoms with Crippen molar-refractivity contribution in [2.75, 3.05) is 25.9 Å². The van der Waals surface area contributed by atoms with Crippen LogP contribution in [0.5, 0.6) is 0 Å². The second-order valence-corrected chi connectivity index (χ2v) is 7.59. The molecule has 1 aromatic carbocycles. The Morgan fingerprint density at radius 1 is 1.14 bits per heavy atom. The Morgan fingerprint density at radius 2 is 1.97 bits per heavy atom. The van der Waals surface area contributed by atoms with Crippen molar-refractivity contribution in [1.82, 2.24) is 24.5 Å². The van der Waals surface area contributed by atoms with E-state index in [1.807, 2.05) is 36.7 Å². The van der Waals surface area contributed by atoms with Gasteiger partial charge in [-0.1, -0.05) is 18.2 Å². The number of nitrogen functional groups attached to an aromatic ring is 1. The first kappa shape index (κ1) is 18.0. The number of likely N-dealkylation sites (tertiary alicyclic amines) is 1. The van der Waals surface area contributed by atoms with Crippen LogP contribution in [-0.2, 0) is 11.3 Å². The van der Waals surface area contributed by atoms with Gasteiger partial charge < -0.3 is 10.5 Å². The number of pyridine rings is 1. The molecule has 4 aromatic rings. The lowest BCUT2D eigenvalue weighted by molar-refractivity contribution is 0.0385. The van der Waals surface area contributed by atoms with Crippen LogP contribution >= 0.6 is 0 Å². The molecule has 5 rings (SSSR count). The largest absolute Gasteiger partial charge is 0.384 e. The minimum atomic E-state index is 0.369. The first-order chi connectivity index (χ1) is 14.2. The third-order valence-electron chi connectivity index (χ3n) is 5.71. The van der Waals surface area contributed by atoms with Crippen LogP contribution in [0.2, 0.25) is 0 Å². The maximum atomic E-state index is 6.29. The van der Waals surface area contributed by atoms with E-state index in [1.165, 1.54) is 0 Å². The molecule has 148 valence electrons. The Morgan fingerprint density at radius 3 is 2.79 bits per heavy atom. The highest BCUT2D eigenvalue weighted by molar-refractivity contribution is 5.86. The Bertz CT molecular complexity index is 1160. The minimum absolute atomic E-state index is 0.369. The second-order valence-electron chi connectivity index (χ2n) is 7.59. The van der Waals surface area contributed by atoms with Crippen molar-refractivity contribution in [1.29, 1.82) is 0 Å². The lowest BCUT2D eigenvalue weighted by atomic mass is 10.1. The topological polar surface area (TPSA) is 81.6 Å². The van der Waals surface area contributed by atoms with E-state index < -0.39 is 0 Å². The number of hydrogen-bond donors (Lipinski definition) is 1. The van der Waals surface area contributed by atoms with E-state index >= 15 is 0 Å². The number of piperidine rings is 1. The summed E-state index contributed by atoms with van der Waals surface area (Å²) in [7, 11) is 1.79. The highest BCUT2D eigenvalue weighted by Gasteiger charge is 2.20. The molecule has 7 nitrogen and oxygen atoms in total. The van der Waals surface area contributed by atoms with Gasteiger partial charge in [-0.2, -0.15) is 9.61 Å². The first-order valence-corrected chi connectivity index (χ1v) is 9.95. The van der Waals surface area contributed by atoms with E-state index in [-0.39, 0.29) is 0 Å². The average molecular weight is 388 g/mol. The average Bonchev–Trinajstić information content (AvgIpc) is 3.18. The molecule has 0 amide bonds. The van der Waals surface area contributed by atoms with Crippen LogP contribution in [-0.4, -0.2) is 50.8 Å². The maximum Gasteiger partial charge on any atom is 0.165 e. The zero-order valence-electron chi connectivity index (χ0n) is 16.5. The Balaban J connectivity index is 1.49. The van der Waals surface area contributed by atoms with Crippen LogP contribution in [0.3, 0.4) is 0 Å². The van der Waals surface area contributed by atoms with Crippen molar-refractivity contribution in [3.05, 3.63) is 54.5 Å². The molecule has 1 saturated heterocycles. The summed E-state index contributed by atoms with van der Waals surface area (Å²) in [5.41, 5.74) is 10.9. The number of ether oxygens (including phenoxy) is 1. The minimum Gasteiger partial charge on any atom is -0.384 e. The number of benzene rings is 1. The number of nitrogens with two attached hydrogens (primary N) is 1.